The summed E-state index contributed by atoms with van der Waals surface area (Å²) in [7, 11) is 0. The summed E-state index contributed by atoms with van der Waals surface area (Å²) in [5.74, 6) is 0.540. The Morgan fingerprint density at radius 1 is 1.43 bits per heavy atom. The topological polar surface area (TPSA) is 46.3 Å². The summed E-state index contributed by atoms with van der Waals surface area (Å²) in [6.07, 6.45) is 0.961. The number of fused-ring (bicyclic) bond motifs is 1. The Hall–Kier alpha value is -1.17. The number of thiophene rings is 1. The number of anilines is 1. The Balaban J connectivity index is 1.61. The van der Waals surface area contributed by atoms with E-state index in [0.717, 1.165) is 24.4 Å². The summed E-state index contributed by atoms with van der Waals surface area (Å²) >= 11 is 9.34. The van der Waals surface area contributed by atoms with Crippen molar-refractivity contribution < 1.29 is 4.79 Å². The van der Waals surface area contributed by atoms with Gasteiger partial charge < -0.3 is 10.6 Å². The molecular weight excluding hydrogens is 324 g/mol. The lowest BCUT2D eigenvalue weighted by atomic mass is 10.1. The van der Waals surface area contributed by atoms with E-state index in [1.807, 2.05) is 11.0 Å². The smallest absolute Gasteiger partial charge is 0.233 e. The van der Waals surface area contributed by atoms with Crippen molar-refractivity contribution >= 4 is 46.3 Å². The van der Waals surface area contributed by atoms with Crippen molar-refractivity contribution in [2.24, 2.45) is 0 Å². The number of nitrogens with zero attached hydrogens (tertiary/aromatic N) is 1. The number of amides is 1. The summed E-state index contributed by atoms with van der Waals surface area (Å²) in [6.45, 7) is 1.53. The van der Waals surface area contributed by atoms with Crippen LogP contribution in [-0.4, -0.2) is 23.1 Å². The summed E-state index contributed by atoms with van der Waals surface area (Å²) in [4.78, 5) is 16.5. The van der Waals surface area contributed by atoms with Crippen LogP contribution in [-0.2, 0) is 17.8 Å². The number of carbonyl (C=O) groups excluding carboxylic acids is 1. The zero-order valence-corrected chi connectivity index (χ0v) is 13.7. The fraction of sp³-hybridized carbons (Fsp3) is 0.267. The van der Waals surface area contributed by atoms with Gasteiger partial charge >= 0.3 is 0 Å². The van der Waals surface area contributed by atoms with E-state index < -0.39 is 0 Å². The van der Waals surface area contributed by atoms with Crippen molar-refractivity contribution in [3.05, 3.63) is 45.1 Å². The molecule has 0 aliphatic carbocycles. The van der Waals surface area contributed by atoms with Gasteiger partial charge in [0.15, 0.2) is 0 Å². The highest BCUT2D eigenvalue weighted by Crippen LogP contribution is 2.30. The number of hydrogen-bond acceptors (Lipinski definition) is 4. The summed E-state index contributed by atoms with van der Waals surface area (Å²) in [5, 5.41) is 2.74. The third kappa shape index (κ3) is 3.36. The Morgan fingerprint density at radius 3 is 3.14 bits per heavy atom. The van der Waals surface area contributed by atoms with Crippen LogP contribution in [0.5, 0.6) is 0 Å². The van der Waals surface area contributed by atoms with E-state index in [1.165, 1.54) is 22.2 Å². The molecule has 0 bridgehead atoms. The van der Waals surface area contributed by atoms with Gasteiger partial charge in [-0.2, -0.15) is 0 Å². The predicted octanol–water partition coefficient (Wildman–Crippen LogP) is 3.66. The maximum absolute atomic E-state index is 12.3. The first-order valence-corrected chi connectivity index (χ1v) is 8.88. The van der Waals surface area contributed by atoms with Gasteiger partial charge in [0.1, 0.15) is 0 Å². The Kier molecular flexibility index (Phi) is 4.42. The second kappa shape index (κ2) is 6.30. The second-order valence-corrected chi connectivity index (χ2v) is 7.34. The van der Waals surface area contributed by atoms with Crippen molar-refractivity contribution in [2.75, 3.05) is 18.0 Å². The average molecular weight is 339 g/mol. The zero-order valence-electron chi connectivity index (χ0n) is 11.3. The van der Waals surface area contributed by atoms with E-state index in [1.54, 1.807) is 23.5 Å². The number of hydrogen-bond donors (Lipinski definition) is 1. The molecule has 2 heterocycles. The molecule has 3 nitrogen and oxygen atoms in total. The van der Waals surface area contributed by atoms with E-state index in [9.17, 15) is 4.79 Å². The van der Waals surface area contributed by atoms with E-state index >= 15 is 0 Å². The number of nitrogen functional groups attached to an aromatic ring is 1. The van der Waals surface area contributed by atoms with Crippen LogP contribution in [0.4, 0.5) is 5.69 Å². The molecule has 0 saturated heterocycles. The second-order valence-electron chi connectivity index (χ2n) is 4.91. The molecular formula is C15H15ClN2OS2. The van der Waals surface area contributed by atoms with Crippen molar-refractivity contribution in [2.45, 2.75) is 17.9 Å². The summed E-state index contributed by atoms with van der Waals surface area (Å²) in [6, 6.07) is 7.45. The van der Waals surface area contributed by atoms with Crippen LogP contribution in [0.2, 0.25) is 5.02 Å². The lowest BCUT2D eigenvalue weighted by Gasteiger charge is -2.27. The van der Waals surface area contributed by atoms with Crippen LogP contribution in [0.3, 0.4) is 0 Å². The third-order valence-electron chi connectivity index (χ3n) is 3.47. The highest BCUT2D eigenvalue weighted by Gasteiger charge is 2.21. The van der Waals surface area contributed by atoms with Gasteiger partial charge in [-0.1, -0.05) is 11.6 Å². The van der Waals surface area contributed by atoms with Gasteiger partial charge in [-0.3, -0.25) is 4.79 Å². The molecule has 110 valence electrons. The first-order chi connectivity index (χ1) is 10.1. The number of nitrogens with two attached hydrogens (primary N) is 1. The Labute approximate surface area is 137 Å². The quantitative estimate of drug-likeness (QED) is 0.686. The number of thioether (sulfide) groups is 1. The minimum atomic E-state index is 0.148. The standard InChI is InChI=1S/C15H15ClN2OS2/c16-12-2-1-11(17)7-14(12)21-9-15(19)18-5-3-13-10(8-18)4-6-20-13/h1-2,4,6-7H,3,5,8-9,17H2. The molecule has 6 heteroatoms. The molecule has 0 spiro atoms. The van der Waals surface area contributed by atoms with Crippen molar-refractivity contribution in [1.29, 1.82) is 0 Å². The first-order valence-electron chi connectivity index (χ1n) is 6.64. The maximum Gasteiger partial charge on any atom is 0.233 e. The zero-order chi connectivity index (χ0) is 14.8. The van der Waals surface area contributed by atoms with E-state index in [-0.39, 0.29) is 5.91 Å². The number of rotatable bonds is 3. The molecule has 1 aliphatic rings. The lowest BCUT2D eigenvalue weighted by Crippen LogP contribution is -2.36. The van der Waals surface area contributed by atoms with Gasteiger partial charge in [-0.15, -0.1) is 23.1 Å². The largest absolute Gasteiger partial charge is 0.399 e. The monoisotopic (exact) mass is 338 g/mol. The van der Waals surface area contributed by atoms with Crippen LogP contribution in [0, 0.1) is 0 Å². The molecule has 1 aromatic carbocycles. The lowest BCUT2D eigenvalue weighted by molar-refractivity contribution is -0.129. The van der Waals surface area contributed by atoms with Crippen LogP contribution in [0.1, 0.15) is 10.4 Å². The molecule has 2 N–H and O–H groups in total. The molecule has 0 fully saturated rings. The molecule has 21 heavy (non-hydrogen) atoms. The fourth-order valence-electron chi connectivity index (χ4n) is 2.32. The van der Waals surface area contributed by atoms with Gasteiger partial charge in [-0.05, 0) is 41.6 Å². The molecule has 1 aromatic heterocycles. The van der Waals surface area contributed by atoms with Gasteiger partial charge in [0.05, 0.1) is 10.8 Å². The average Bonchev–Trinajstić information content (AvgIpc) is 2.95. The Morgan fingerprint density at radius 2 is 2.29 bits per heavy atom. The maximum atomic E-state index is 12.3. The first kappa shape index (κ1) is 14.8. The van der Waals surface area contributed by atoms with Gasteiger partial charge in [0, 0.05) is 28.5 Å². The van der Waals surface area contributed by atoms with Crippen molar-refractivity contribution in [1.82, 2.24) is 4.90 Å². The molecule has 0 atom stereocenters. The highest BCUT2D eigenvalue weighted by molar-refractivity contribution is 8.00. The minimum absolute atomic E-state index is 0.148. The fourth-order valence-corrected chi connectivity index (χ4v) is 4.38. The van der Waals surface area contributed by atoms with Crippen LogP contribution < -0.4 is 5.73 Å². The van der Waals surface area contributed by atoms with Crippen molar-refractivity contribution in [3.8, 4) is 0 Å². The van der Waals surface area contributed by atoms with Crippen LogP contribution in [0.25, 0.3) is 0 Å². The van der Waals surface area contributed by atoms with Crippen molar-refractivity contribution in [3.63, 3.8) is 0 Å². The Bertz CT molecular complexity index is 671. The SMILES string of the molecule is Nc1ccc(Cl)c(SCC(=O)N2CCc3sccc3C2)c1. The molecule has 0 unspecified atom stereocenters. The van der Waals surface area contributed by atoms with Gasteiger partial charge in [-0.25, -0.2) is 0 Å². The number of halogens is 1. The predicted molar refractivity (Wildman–Crippen MR) is 90.0 cm³/mol. The molecule has 1 aliphatic heterocycles. The third-order valence-corrected chi connectivity index (χ3v) is 5.97. The number of carbonyl (C=O) groups is 1. The van der Waals surface area contributed by atoms with Crippen LogP contribution >= 0.6 is 34.7 Å². The molecule has 0 radical (unpaired) electrons. The molecule has 3 rings (SSSR count). The minimum Gasteiger partial charge on any atom is -0.399 e. The van der Waals surface area contributed by atoms with Gasteiger partial charge in [0.25, 0.3) is 0 Å². The number of benzene rings is 1. The normalized spacial score (nSPS) is 14.0. The van der Waals surface area contributed by atoms with Crippen LogP contribution in [0.15, 0.2) is 34.5 Å². The highest BCUT2D eigenvalue weighted by atomic mass is 35.5. The van der Waals surface area contributed by atoms with E-state index in [4.69, 9.17) is 17.3 Å². The van der Waals surface area contributed by atoms with E-state index in [2.05, 4.69) is 11.4 Å². The summed E-state index contributed by atoms with van der Waals surface area (Å²) < 4.78 is 0. The molecule has 1 amide bonds. The van der Waals surface area contributed by atoms with Gasteiger partial charge in [0.2, 0.25) is 5.91 Å². The molecule has 0 saturated carbocycles. The molecule has 2 aromatic rings. The van der Waals surface area contributed by atoms with E-state index in [0.29, 0.717) is 16.5 Å². The summed E-state index contributed by atoms with van der Waals surface area (Å²) in [5.41, 5.74) is 7.70.